The quantitative estimate of drug-likeness (QED) is 0.220. The number of aliphatic carboxylic acids is 1. The van der Waals surface area contributed by atoms with Crippen LogP contribution < -0.4 is 5.32 Å². The lowest BCUT2D eigenvalue weighted by atomic mass is 9.64. The summed E-state index contributed by atoms with van der Waals surface area (Å²) in [5.74, 6) is -0.478. The third-order valence-corrected chi connectivity index (χ3v) is 9.69. The molecule has 2 N–H and O–H groups in total. The number of carboxylic acids is 1. The Balaban J connectivity index is 1.36. The van der Waals surface area contributed by atoms with Gasteiger partial charge in [0.25, 0.3) is 0 Å². The van der Waals surface area contributed by atoms with Crippen LogP contribution in [0.2, 0.25) is 0 Å². The summed E-state index contributed by atoms with van der Waals surface area (Å²) in [6.07, 6.45) is 3.54. The maximum absolute atomic E-state index is 13.0. The van der Waals surface area contributed by atoms with E-state index in [1.807, 2.05) is 0 Å². The molecular formula is C36H33NO3. The molecule has 1 aliphatic heterocycles. The lowest BCUT2D eigenvalue weighted by Gasteiger charge is -2.38. The molecule has 200 valence electrons. The zero-order chi connectivity index (χ0) is 27.3. The first kappa shape index (κ1) is 25.0. The Morgan fingerprint density at radius 2 is 0.950 bits per heavy atom. The molecule has 4 aromatic rings. The third-order valence-electron chi connectivity index (χ3n) is 9.69. The summed E-state index contributed by atoms with van der Waals surface area (Å²) in [5.41, 5.74) is 9.23. The van der Waals surface area contributed by atoms with E-state index >= 15 is 0 Å². The second kappa shape index (κ2) is 9.57. The SMILES string of the molecule is O=C(O)CCC1(CCC2(CCC(=O)C3CN3)c3ccccc3-c3ccccc32)c2ccccc2-c2ccccc21. The molecule has 40 heavy (non-hydrogen) atoms. The first-order valence-corrected chi connectivity index (χ1v) is 14.4. The van der Waals surface area contributed by atoms with Gasteiger partial charge in [-0.05, 0) is 70.2 Å². The van der Waals surface area contributed by atoms with Gasteiger partial charge in [-0.15, -0.1) is 0 Å². The lowest BCUT2D eigenvalue weighted by Crippen LogP contribution is -2.33. The Hall–Kier alpha value is -4.02. The number of carbonyl (C=O) groups is 2. The minimum Gasteiger partial charge on any atom is -0.481 e. The van der Waals surface area contributed by atoms with Gasteiger partial charge in [0.15, 0.2) is 5.78 Å². The number of rotatable bonds is 10. The molecule has 2 aliphatic carbocycles. The van der Waals surface area contributed by atoms with E-state index in [4.69, 9.17) is 0 Å². The van der Waals surface area contributed by atoms with Gasteiger partial charge < -0.3 is 10.4 Å². The van der Waals surface area contributed by atoms with Crippen molar-refractivity contribution >= 4 is 11.8 Å². The molecule has 1 fully saturated rings. The summed E-state index contributed by atoms with van der Waals surface area (Å²) >= 11 is 0. The maximum atomic E-state index is 13.0. The van der Waals surface area contributed by atoms with Crippen LogP contribution in [0.25, 0.3) is 22.3 Å². The predicted molar refractivity (Wildman–Crippen MR) is 157 cm³/mol. The van der Waals surface area contributed by atoms with Crippen LogP contribution in [-0.4, -0.2) is 29.4 Å². The van der Waals surface area contributed by atoms with Crippen LogP contribution in [0.4, 0.5) is 0 Å². The second-order valence-electron chi connectivity index (χ2n) is 11.7. The summed E-state index contributed by atoms with van der Waals surface area (Å²) in [6, 6.07) is 34.4. The Morgan fingerprint density at radius 3 is 1.30 bits per heavy atom. The fraction of sp³-hybridized carbons (Fsp3) is 0.278. The molecular weight excluding hydrogens is 494 g/mol. The van der Waals surface area contributed by atoms with Gasteiger partial charge in [-0.3, -0.25) is 9.59 Å². The Labute approximate surface area is 235 Å². The summed E-state index contributed by atoms with van der Waals surface area (Å²) in [7, 11) is 0. The van der Waals surface area contributed by atoms with E-state index in [1.165, 1.54) is 44.5 Å². The maximum Gasteiger partial charge on any atom is 0.303 e. The summed E-state index contributed by atoms with van der Waals surface area (Å²) in [6.45, 7) is 0.783. The van der Waals surface area contributed by atoms with Gasteiger partial charge in [0.1, 0.15) is 0 Å². The largest absolute Gasteiger partial charge is 0.481 e. The van der Waals surface area contributed by atoms with Gasteiger partial charge in [-0.2, -0.15) is 0 Å². The highest BCUT2D eigenvalue weighted by Crippen LogP contribution is 2.59. The van der Waals surface area contributed by atoms with Crippen molar-refractivity contribution in [1.82, 2.24) is 5.32 Å². The zero-order valence-corrected chi connectivity index (χ0v) is 22.5. The molecule has 0 radical (unpaired) electrons. The van der Waals surface area contributed by atoms with Gasteiger partial charge in [-0.1, -0.05) is 97.1 Å². The Kier molecular flexibility index (Phi) is 5.97. The van der Waals surface area contributed by atoms with Crippen molar-refractivity contribution in [3.8, 4) is 22.3 Å². The Morgan fingerprint density at radius 1 is 0.600 bits per heavy atom. The summed E-state index contributed by atoms with van der Waals surface area (Å²) < 4.78 is 0. The highest BCUT2D eigenvalue weighted by molar-refractivity contribution is 5.88. The van der Waals surface area contributed by atoms with Crippen molar-refractivity contribution in [3.63, 3.8) is 0 Å². The van der Waals surface area contributed by atoms with Crippen LogP contribution in [0.5, 0.6) is 0 Å². The number of carbonyl (C=O) groups excluding carboxylic acids is 1. The van der Waals surface area contributed by atoms with E-state index in [2.05, 4.69) is 102 Å². The van der Waals surface area contributed by atoms with Crippen molar-refractivity contribution in [3.05, 3.63) is 119 Å². The van der Waals surface area contributed by atoms with Crippen molar-refractivity contribution in [2.75, 3.05) is 6.54 Å². The normalized spacial score (nSPS) is 18.4. The molecule has 1 saturated heterocycles. The van der Waals surface area contributed by atoms with Crippen LogP contribution in [0.15, 0.2) is 97.1 Å². The van der Waals surface area contributed by atoms with Gasteiger partial charge in [-0.25, -0.2) is 0 Å². The number of ketones is 1. The molecule has 4 aromatic carbocycles. The average molecular weight is 528 g/mol. The standard InChI is InChI=1S/C36H33NO3/c38-33(32-23-37-32)17-19-35(28-13-5-1-9-24(28)25-10-2-6-14-29(25)35)21-22-36(20-18-34(39)40)30-15-7-3-11-26(30)27-12-4-8-16-31(27)36/h1-16,32,37H,17-23H2,(H,39,40). The highest BCUT2D eigenvalue weighted by Gasteiger charge is 2.48. The van der Waals surface area contributed by atoms with E-state index in [0.717, 1.165) is 25.8 Å². The molecule has 1 unspecified atom stereocenters. The molecule has 0 aromatic heterocycles. The zero-order valence-electron chi connectivity index (χ0n) is 22.5. The van der Waals surface area contributed by atoms with Gasteiger partial charge in [0, 0.05) is 30.2 Å². The molecule has 4 heteroatoms. The first-order valence-electron chi connectivity index (χ1n) is 14.4. The van der Waals surface area contributed by atoms with Gasteiger partial charge in [0.05, 0.1) is 6.04 Å². The van der Waals surface area contributed by atoms with E-state index in [1.54, 1.807) is 0 Å². The number of carboxylic acid groups (broad SMARTS) is 1. The monoisotopic (exact) mass is 527 g/mol. The summed E-state index contributed by atoms with van der Waals surface area (Å²) in [4.78, 5) is 25.0. The number of hydrogen-bond donors (Lipinski definition) is 2. The van der Waals surface area contributed by atoms with Crippen molar-refractivity contribution in [2.45, 2.75) is 55.4 Å². The van der Waals surface area contributed by atoms with Crippen LogP contribution in [0.3, 0.4) is 0 Å². The van der Waals surface area contributed by atoms with Crippen molar-refractivity contribution in [1.29, 1.82) is 0 Å². The molecule has 1 atom stereocenters. The first-order chi connectivity index (χ1) is 19.5. The molecule has 0 bridgehead atoms. The van der Waals surface area contributed by atoms with Crippen LogP contribution in [-0.2, 0) is 20.4 Å². The van der Waals surface area contributed by atoms with E-state index in [9.17, 15) is 14.7 Å². The van der Waals surface area contributed by atoms with Crippen LogP contribution in [0.1, 0.15) is 60.8 Å². The predicted octanol–water partition coefficient (Wildman–Crippen LogP) is 6.89. The van der Waals surface area contributed by atoms with Crippen molar-refractivity contribution < 1.29 is 14.7 Å². The smallest absolute Gasteiger partial charge is 0.303 e. The summed E-state index contributed by atoms with van der Waals surface area (Å²) in [5, 5.41) is 13.0. The van der Waals surface area contributed by atoms with Gasteiger partial charge in [0.2, 0.25) is 0 Å². The minimum atomic E-state index is -0.768. The van der Waals surface area contributed by atoms with Crippen LogP contribution in [0, 0.1) is 0 Å². The molecule has 0 amide bonds. The minimum absolute atomic E-state index is 0.000523. The third kappa shape index (κ3) is 3.85. The number of fused-ring (bicyclic) bond motifs is 6. The van der Waals surface area contributed by atoms with Crippen molar-refractivity contribution in [2.24, 2.45) is 0 Å². The van der Waals surface area contributed by atoms with E-state index in [0.29, 0.717) is 18.6 Å². The average Bonchev–Trinajstić information content (AvgIpc) is 3.76. The van der Waals surface area contributed by atoms with E-state index < -0.39 is 11.4 Å². The number of nitrogens with one attached hydrogen (secondary N) is 1. The fourth-order valence-electron chi connectivity index (χ4n) is 7.70. The molecule has 4 nitrogen and oxygen atoms in total. The molecule has 1 heterocycles. The van der Waals surface area contributed by atoms with E-state index in [-0.39, 0.29) is 17.9 Å². The number of benzene rings is 4. The number of Topliss-reactive ketones (excluding diaryl/α,β-unsaturated/α-hetero) is 1. The topological polar surface area (TPSA) is 76.3 Å². The molecule has 0 spiro atoms. The van der Waals surface area contributed by atoms with Gasteiger partial charge >= 0.3 is 5.97 Å². The lowest BCUT2D eigenvalue weighted by molar-refractivity contribution is -0.137. The van der Waals surface area contributed by atoms with Crippen LogP contribution >= 0.6 is 0 Å². The highest BCUT2D eigenvalue weighted by atomic mass is 16.4. The second-order valence-corrected chi connectivity index (χ2v) is 11.7. The molecule has 3 aliphatic rings. The molecule has 7 rings (SSSR count). The molecule has 0 saturated carbocycles. The number of hydrogen-bond acceptors (Lipinski definition) is 3. The Bertz CT molecular complexity index is 1540. The fourth-order valence-corrected chi connectivity index (χ4v) is 7.70.